The van der Waals surface area contributed by atoms with E-state index in [1.807, 2.05) is 6.07 Å². The highest BCUT2D eigenvalue weighted by molar-refractivity contribution is 6.29. The molecule has 0 N–H and O–H groups in total. The smallest absolute Gasteiger partial charge is 0.216 e. The lowest BCUT2D eigenvalue weighted by Gasteiger charge is -2.02. The van der Waals surface area contributed by atoms with Crippen LogP contribution in [0.4, 0.5) is 0 Å². The minimum Gasteiger partial charge on any atom is -0.474 e. The molecule has 1 heterocycles. The van der Waals surface area contributed by atoms with Crippen molar-refractivity contribution in [3.63, 3.8) is 0 Å². The van der Waals surface area contributed by atoms with Gasteiger partial charge in [-0.3, -0.25) is 0 Å². The number of aromatic nitrogens is 1. The van der Waals surface area contributed by atoms with Crippen molar-refractivity contribution in [2.75, 3.05) is 0 Å². The number of pyridine rings is 1. The molecule has 1 saturated carbocycles. The van der Waals surface area contributed by atoms with Crippen molar-refractivity contribution in [2.45, 2.75) is 18.9 Å². The fourth-order valence-corrected chi connectivity index (χ4v) is 1.16. The Morgan fingerprint density at radius 2 is 2.31 bits per heavy atom. The number of rotatable bonds is 2. The lowest BCUT2D eigenvalue weighted by molar-refractivity contribution is 0.291. The van der Waals surface area contributed by atoms with Crippen LogP contribution < -0.4 is 4.74 Å². The first kappa shape index (κ1) is 8.33. The molecule has 0 atom stereocenters. The number of nitrogens with zero attached hydrogens (tertiary/aromatic N) is 2. The van der Waals surface area contributed by atoms with Crippen LogP contribution in [0.1, 0.15) is 18.4 Å². The van der Waals surface area contributed by atoms with E-state index in [-0.39, 0.29) is 6.10 Å². The summed E-state index contributed by atoms with van der Waals surface area (Å²) >= 11 is 5.69. The molecule has 13 heavy (non-hydrogen) atoms. The molecule has 1 aromatic heterocycles. The topological polar surface area (TPSA) is 45.9 Å². The van der Waals surface area contributed by atoms with Crippen LogP contribution in [0.2, 0.25) is 5.15 Å². The fourth-order valence-electron chi connectivity index (χ4n) is 0.954. The van der Waals surface area contributed by atoms with Crippen LogP contribution in [0.5, 0.6) is 5.88 Å². The maximum Gasteiger partial charge on any atom is 0.216 e. The predicted molar refractivity (Wildman–Crippen MR) is 47.6 cm³/mol. The van der Waals surface area contributed by atoms with Gasteiger partial charge >= 0.3 is 0 Å². The molecule has 0 aliphatic heterocycles. The predicted octanol–water partition coefficient (Wildman–Crippen LogP) is 2.15. The van der Waals surface area contributed by atoms with Crippen molar-refractivity contribution in [3.05, 3.63) is 22.8 Å². The van der Waals surface area contributed by atoms with Crippen molar-refractivity contribution in [3.8, 4) is 11.9 Å². The molecule has 66 valence electrons. The van der Waals surface area contributed by atoms with Crippen LogP contribution in [0.25, 0.3) is 0 Å². The number of nitriles is 1. The molecule has 1 fully saturated rings. The van der Waals surface area contributed by atoms with Crippen molar-refractivity contribution in [1.82, 2.24) is 4.98 Å². The van der Waals surface area contributed by atoms with Gasteiger partial charge in [-0.1, -0.05) is 11.6 Å². The standard InChI is InChI=1S/C9H7ClN2O/c10-8-3-6(5-11)4-9(12-8)13-7-1-2-7/h3-4,7H,1-2H2. The van der Waals surface area contributed by atoms with E-state index in [9.17, 15) is 0 Å². The Labute approximate surface area is 80.9 Å². The average Bonchev–Trinajstić information content (AvgIpc) is 2.87. The molecule has 0 bridgehead atoms. The summed E-state index contributed by atoms with van der Waals surface area (Å²) in [7, 11) is 0. The molecule has 3 nitrogen and oxygen atoms in total. The Morgan fingerprint density at radius 3 is 2.92 bits per heavy atom. The van der Waals surface area contributed by atoms with Gasteiger partial charge in [0.15, 0.2) is 0 Å². The van der Waals surface area contributed by atoms with E-state index in [0.29, 0.717) is 16.6 Å². The maximum atomic E-state index is 8.64. The minimum absolute atomic E-state index is 0.275. The second-order valence-electron chi connectivity index (χ2n) is 2.95. The molecule has 4 heteroatoms. The van der Waals surface area contributed by atoms with Gasteiger partial charge in [-0.2, -0.15) is 5.26 Å². The van der Waals surface area contributed by atoms with Gasteiger partial charge in [-0.05, 0) is 18.9 Å². The number of hydrogen-bond donors (Lipinski definition) is 0. The van der Waals surface area contributed by atoms with Crippen LogP contribution >= 0.6 is 11.6 Å². The van der Waals surface area contributed by atoms with Gasteiger partial charge in [0.05, 0.1) is 11.6 Å². The molecule has 1 aromatic rings. The van der Waals surface area contributed by atoms with Crippen molar-refractivity contribution < 1.29 is 4.74 Å². The number of halogens is 1. The normalized spacial score (nSPS) is 15.1. The molecular formula is C9H7ClN2O. The second kappa shape index (κ2) is 3.23. The molecule has 0 unspecified atom stereocenters. The highest BCUT2D eigenvalue weighted by atomic mass is 35.5. The first-order valence-corrected chi connectivity index (χ1v) is 4.40. The number of hydrogen-bond acceptors (Lipinski definition) is 3. The van der Waals surface area contributed by atoms with Gasteiger partial charge in [-0.15, -0.1) is 0 Å². The van der Waals surface area contributed by atoms with Gasteiger partial charge in [0, 0.05) is 6.07 Å². The Balaban J connectivity index is 2.24. The highest BCUT2D eigenvalue weighted by Gasteiger charge is 2.24. The average molecular weight is 195 g/mol. The van der Waals surface area contributed by atoms with Crippen LogP contribution in [0.15, 0.2) is 12.1 Å². The third-order valence-electron chi connectivity index (χ3n) is 1.71. The summed E-state index contributed by atoms with van der Waals surface area (Å²) in [6, 6.07) is 5.11. The molecule has 0 aromatic carbocycles. The van der Waals surface area contributed by atoms with Gasteiger partial charge in [0.1, 0.15) is 11.3 Å². The van der Waals surface area contributed by atoms with Crippen LogP contribution in [0, 0.1) is 11.3 Å². The first-order valence-electron chi connectivity index (χ1n) is 4.02. The quantitative estimate of drug-likeness (QED) is 0.678. The Hall–Kier alpha value is -1.27. The van der Waals surface area contributed by atoms with E-state index < -0.39 is 0 Å². The Morgan fingerprint density at radius 1 is 1.54 bits per heavy atom. The first-order chi connectivity index (χ1) is 6.28. The maximum absolute atomic E-state index is 8.64. The molecule has 1 aliphatic rings. The summed E-state index contributed by atoms with van der Waals surface area (Å²) < 4.78 is 5.40. The summed E-state index contributed by atoms with van der Waals surface area (Å²) in [5.41, 5.74) is 0.482. The second-order valence-corrected chi connectivity index (χ2v) is 3.33. The van der Waals surface area contributed by atoms with Gasteiger partial charge < -0.3 is 4.74 Å². The zero-order valence-electron chi connectivity index (χ0n) is 6.83. The SMILES string of the molecule is N#Cc1cc(Cl)nc(OC2CC2)c1. The largest absolute Gasteiger partial charge is 0.474 e. The van der Waals surface area contributed by atoms with Crippen LogP contribution in [0.3, 0.4) is 0 Å². The molecule has 0 amide bonds. The molecule has 0 saturated heterocycles. The van der Waals surface area contributed by atoms with E-state index in [4.69, 9.17) is 21.6 Å². The highest BCUT2D eigenvalue weighted by Crippen LogP contribution is 2.26. The molecular weight excluding hydrogens is 188 g/mol. The lowest BCUT2D eigenvalue weighted by atomic mass is 10.3. The van der Waals surface area contributed by atoms with Crippen molar-refractivity contribution >= 4 is 11.6 Å². The summed E-state index contributed by atoms with van der Waals surface area (Å²) in [6.45, 7) is 0. The zero-order valence-corrected chi connectivity index (χ0v) is 7.58. The van der Waals surface area contributed by atoms with Gasteiger partial charge in [-0.25, -0.2) is 4.98 Å². The summed E-state index contributed by atoms with van der Waals surface area (Å²) in [4.78, 5) is 3.95. The minimum atomic E-state index is 0.275. The monoisotopic (exact) mass is 194 g/mol. The third kappa shape index (κ3) is 2.10. The lowest BCUT2D eigenvalue weighted by Crippen LogP contribution is -1.98. The van der Waals surface area contributed by atoms with E-state index in [2.05, 4.69) is 4.98 Å². The van der Waals surface area contributed by atoms with E-state index in [1.54, 1.807) is 6.07 Å². The zero-order chi connectivity index (χ0) is 9.26. The van der Waals surface area contributed by atoms with Crippen molar-refractivity contribution in [1.29, 1.82) is 5.26 Å². The number of ether oxygens (including phenoxy) is 1. The van der Waals surface area contributed by atoms with E-state index in [1.165, 1.54) is 6.07 Å². The molecule has 1 aliphatic carbocycles. The third-order valence-corrected chi connectivity index (χ3v) is 1.91. The fraction of sp³-hybridized carbons (Fsp3) is 0.333. The Kier molecular flexibility index (Phi) is 2.07. The van der Waals surface area contributed by atoms with Crippen molar-refractivity contribution in [2.24, 2.45) is 0 Å². The molecule has 0 spiro atoms. The summed E-state index contributed by atoms with van der Waals surface area (Å²) in [6.07, 6.45) is 2.41. The summed E-state index contributed by atoms with van der Waals surface area (Å²) in [5.74, 6) is 0.451. The van der Waals surface area contributed by atoms with Gasteiger partial charge in [0.25, 0.3) is 0 Å². The molecule has 0 radical (unpaired) electrons. The van der Waals surface area contributed by atoms with E-state index in [0.717, 1.165) is 12.8 Å². The Bertz CT molecular complexity index is 368. The van der Waals surface area contributed by atoms with Crippen LogP contribution in [-0.4, -0.2) is 11.1 Å². The van der Waals surface area contributed by atoms with Crippen LogP contribution in [-0.2, 0) is 0 Å². The summed E-state index contributed by atoms with van der Waals surface area (Å²) in [5, 5.41) is 8.94. The molecule has 2 rings (SSSR count). The van der Waals surface area contributed by atoms with E-state index >= 15 is 0 Å². The van der Waals surface area contributed by atoms with Gasteiger partial charge in [0.2, 0.25) is 5.88 Å².